The monoisotopic (exact) mass is 469 g/mol. The maximum absolute atomic E-state index is 9.38. The largest absolute Gasteiger partial charge is 0.496 e. The van der Waals surface area contributed by atoms with Crippen LogP contribution in [0.25, 0.3) is 11.0 Å². The van der Waals surface area contributed by atoms with Crippen molar-refractivity contribution in [2.24, 2.45) is 0 Å². The number of hydrogen-bond acceptors (Lipinski definition) is 9. The Morgan fingerprint density at radius 3 is 2.85 bits per heavy atom. The molecule has 5 N–H and O–H groups in total. The summed E-state index contributed by atoms with van der Waals surface area (Å²) in [6.07, 6.45) is 5.25. The number of fused-ring (bicyclic) bond motifs is 1. The lowest BCUT2D eigenvalue weighted by Gasteiger charge is -2.23. The summed E-state index contributed by atoms with van der Waals surface area (Å²) in [5.74, 6) is 1.62. The lowest BCUT2D eigenvalue weighted by atomic mass is 10.1. The molecule has 0 saturated carbocycles. The Balaban J connectivity index is 1.55. The number of benzene rings is 1. The van der Waals surface area contributed by atoms with E-state index in [1.807, 2.05) is 4.68 Å². The highest BCUT2D eigenvalue weighted by molar-refractivity contribution is 5.86. The Labute approximate surface area is 199 Å². The average molecular weight is 470 g/mol. The fraction of sp³-hybridized carbons (Fsp3) is 0.542. The van der Waals surface area contributed by atoms with Crippen LogP contribution in [-0.4, -0.2) is 63.9 Å². The minimum atomic E-state index is 0.0721. The van der Waals surface area contributed by atoms with Gasteiger partial charge in [-0.05, 0) is 37.3 Å². The highest BCUT2D eigenvalue weighted by Crippen LogP contribution is 2.27. The van der Waals surface area contributed by atoms with Gasteiger partial charge < -0.3 is 30.9 Å². The van der Waals surface area contributed by atoms with E-state index in [0.29, 0.717) is 30.3 Å². The van der Waals surface area contributed by atoms with Crippen molar-refractivity contribution in [3.63, 3.8) is 0 Å². The van der Waals surface area contributed by atoms with Gasteiger partial charge in [0.1, 0.15) is 16.8 Å². The molecule has 0 spiro atoms. The van der Waals surface area contributed by atoms with Crippen LogP contribution >= 0.6 is 0 Å². The number of anilines is 2. The van der Waals surface area contributed by atoms with Gasteiger partial charge in [0.15, 0.2) is 5.82 Å². The van der Waals surface area contributed by atoms with E-state index in [0.717, 1.165) is 55.9 Å². The van der Waals surface area contributed by atoms with Crippen LogP contribution < -0.4 is 21.1 Å². The molecule has 10 heteroatoms. The summed E-state index contributed by atoms with van der Waals surface area (Å²) in [5, 5.41) is 21.0. The van der Waals surface area contributed by atoms with Gasteiger partial charge in [0, 0.05) is 44.0 Å². The molecule has 2 aromatic heterocycles. The molecule has 0 amide bonds. The topological polar surface area (TPSA) is 132 Å². The van der Waals surface area contributed by atoms with Gasteiger partial charge in [-0.25, -0.2) is 4.98 Å². The molecule has 1 saturated heterocycles. The zero-order valence-electron chi connectivity index (χ0n) is 20.0. The SMILES string of the molecule is CC[C@@H](CCO)Nc1nc(N)nc2cnn(Cc3ccc(CNC4CCOCC4)cc3OC)c12. The number of ether oxygens (including phenoxy) is 2. The molecule has 4 rings (SSSR count). The van der Waals surface area contributed by atoms with Crippen LogP contribution in [0.3, 0.4) is 0 Å². The van der Waals surface area contributed by atoms with Gasteiger partial charge in [-0.1, -0.05) is 19.1 Å². The molecule has 1 aliphatic rings. The number of nitrogens with one attached hydrogen (secondary N) is 2. The summed E-state index contributed by atoms with van der Waals surface area (Å²) < 4.78 is 13.0. The highest BCUT2D eigenvalue weighted by atomic mass is 16.5. The van der Waals surface area contributed by atoms with E-state index in [1.54, 1.807) is 13.3 Å². The Hall–Kier alpha value is -2.95. The van der Waals surface area contributed by atoms with Gasteiger partial charge in [-0.2, -0.15) is 10.1 Å². The first-order chi connectivity index (χ1) is 16.6. The van der Waals surface area contributed by atoms with E-state index in [1.165, 1.54) is 5.56 Å². The third-order valence-corrected chi connectivity index (χ3v) is 6.30. The number of aliphatic hydroxyl groups is 1. The number of nitrogens with zero attached hydrogens (tertiary/aromatic N) is 4. The average Bonchev–Trinajstić information content (AvgIpc) is 3.26. The molecule has 0 unspecified atom stereocenters. The number of nitrogens with two attached hydrogens (primary N) is 1. The van der Waals surface area contributed by atoms with Gasteiger partial charge >= 0.3 is 0 Å². The maximum Gasteiger partial charge on any atom is 0.222 e. The Morgan fingerprint density at radius 1 is 1.29 bits per heavy atom. The maximum atomic E-state index is 9.38. The summed E-state index contributed by atoms with van der Waals surface area (Å²) in [6.45, 7) is 5.10. The van der Waals surface area contributed by atoms with Crippen LogP contribution in [0.15, 0.2) is 24.4 Å². The lowest BCUT2D eigenvalue weighted by molar-refractivity contribution is 0.0776. The third kappa shape index (κ3) is 5.75. The predicted molar refractivity (Wildman–Crippen MR) is 132 cm³/mol. The molecule has 1 aliphatic heterocycles. The van der Waals surface area contributed by atoms with E-state index in [2.05, 4.69) is 50.8 Å². The molecule has 1 fully saturated rings. The van der Waals surface area contributed by atoms with Crippen LogP contribution in [0, 0.1) is 0 Å². The fourth-order valence-electron chi connectivity index (χ4n) is 4.32. The lowest BCUT2D eigenvalue weighted by Crippen LogP contribution is -2.34. The van der Waals surface area contributed by atoms with Gasteiger partial charge in [-0.3, -0.25) is 4.68 Å². The number of methoxy groups -OCH3 is 1. The van der Waals surface area contributed by atoms with Crippen molar-refractivity contribution in [2.75, 3.05) is 38.0 Å². The quantitative estimate of drug-likeness (QED) is 0.334. The van der Waals surface area contributed by atoms with Crippen molar-refractivity contribution >= 4 is 22.8 Å². The molecule has 0 radical (unpaired) electrons. The molecule has 0 aliphatic carbocycles. The second kappa shape index (κ2) is 11.5. The van der Waals surface area contributed by atoms with Crippen molar-refractivity contribution in [3.05, 3.63) is 35.5 Å². The minimum absolute atomic E-state index is 0.0721. The molecular formula is C24H35N7O3. The third-order valence-electron chi connectivity index (χ3n) is 6.30. The zero-order chi connectivity index (χ0) is 23.9. The molecule has 3 heterocycles. The first-order valence-corrected chi connectivity index (χ1v) is 11.9. The van der Waals surface area contributed by atoms with Crippen molar-refractivity contribution in [2.45, 2.75) is 57.8 Å². The summed E-state index contributed by atoms with van der Waals surface area (Å²) >= 11 is 0. The fourth-order valence-corrected chi connectivity index (χ4v) is 4.32. The van der Waals surface area contributed by atoms with Crippen molar-refractivity contribution in [3.8, 4) is 5.75 Å². The standard InChI is InChI=1S/C24H35N7O3/c1-3-18(6-9-32)28-23-22-20(29-24(25)30-23)14-27-31(22)15-17-5-4-16(12-21(17)33-2)13-26-19-7-10-34-11-8-19/h4-5,12,14,18-19,26,32H,3,6-11,13,15H2,1-2H3,(H3,25,28,29,30)/t18-/m0/s1. The number of nitrogen functional groups attached to an aromatic ring is 1. The zero-order valence-corrected chi connectivity index (χ0v) is 20.0. The number of rotatable bonds is 11. The van der Waals surface area contributed by atoms with Crippen LogP contribution in [0.2, 0.25) is 0 Å². The summed E-state index contributed by atoms with van der Waals surface area (Å²) in [4.78, 5) is 8.78. The van der Waals surface area contributed by atoms with Gasteiger partial charge in [-0.15, -0.1) is 0 Å². The molecule has 184 valence electrons. The van der Waals surface area contributed by atoms with Crippen molar-refractivity contribution < 1.29 is 14.6 Å². The number of aromatic nitrogens is 4. The smallest absolute Gasteiger partial charge is 0.222 e. The Morgan fingerprint density at radius 2 is 2.12 bits per heavy atom. The highest BCUT2D eigenvalue weighted by Gasteiger charge is 2.18. The Bertz CT molecular complexity index is 1080. The van der Waals surface area contributed by atoms with Gasteiger partial charge in [0.25, 0.3) is 0 Å². The second-order valence-electron chi connectivity index (χ2n) is 8.64. The molecule has 1 aromatic carbocycles. The van der Waals surface area contributed by atoms with Gasteiger partial charge in [0.05, 0.1) is 19.9 Å². The van der Waals surface area contributed by atoms with E-state index in [-0.39, 0.29) is 18.6 Å². The van der Waals surface area contributed by atoms with Crippen LogP contribution in [0.5, 0.6) is 5.75 Å². The minimum Gasteiger partial charge on any atom is -0.496 e. The second-order valence-corrected chi connectivity index (χ2v) is 8.64. The van der Waals surface area contributed by atoms with Crippen LogP contribution in [-0.2, 0) is 17.8 Å². The molecular weight excluding hydrogens is 434 g/mol. The number of aliphatic hydroxyl groups excluding tert-OH is 1. The van der Waals surface area contributed by atoms with E-state index >= 15 is 0 Å². The van der Waals surface area contributed by atoms with Gasteiger partial charge in [0.2, 0.25) is 5.95 Å². The Kier molecular flexibility index (Phi) is 8.15. The van der Waals surface area contributed by atoms with E-state index in [9.17, 15) is 5.11 Å². The molecule has 10 nitrogen and oxygen atoms in total. The first-order valence-electron chi connectivity index (χ1n) is 11.9. The van der Waals surface area contributed by atoms with Crippen molar-refractivity contribution in [1.82, 2.24) is 25.1 Å². The summed E-state index contributed by atoms with van der Waals surface area (Å²) in [5.41, 5.74) is 9.57. The van der Waals surface area contributed by atoms with E-state index in [4.69, 9.17) is 15.2 Å². The summed E-state index contributed by atoms with van der Waals surface area (Å²) in [6, 6.07) is 6.85. The van der Waals surface area contributed by atoms with Crippen LogP contribution in [0.1, 0.15) is 43.7 Å². The first kappa shape index (κ1) is 24.2. The predicted octanol–water partition coefficient (Wildman–Crippen LogP) is 2.31. The van der Waals surface area contributed by atoms with Crippen molar-refractivity contribution in [1.29, 1.82) is 0 Å². The molecule has 0 bridgehead atoms. The normalized spacial score (nSPS) is 15.5. The molecule has 1 atom stereocenters. The van der Waals surface area contributed by atoms with E-state index < -0.39 is 0 Å². The molecule has 34 heavy (non-hydrogen) atoms. The van der Waals surface area contributed by atoms with Crippen LogP contribution in [0.4, 0.5) is 11.8 Å². The number of hydrogen-bond donors (Lipinski definition) is 4. The molecule has 3 aromatic rings. The summed E-state index contributed by atoms with van der Waals surface area (Å²) in [7, 11) is 1.69.